The van der Waals surface area contributed by atoms with Crippen LogP contribution in [0, 0.1) is 25.2 Å². The first-order chi connectivity index (χ1) is 13.3. The lowest BCUT2D eigenvalue weighted by Gasteiger charge is -2.15. The van der Waals surface area contributed by atoms with E-state index in [1.54, 1.807) is 6.07 Å². The van der Waals surface area contributed by atoms with Crippen molar-refractivity contribution in [2.24, 2.45) is 0 Å². The Bertz CT molecular complexity index is 930. The molecule has 0 fully saturated rings. The maximum absolute atomic E-state index is 12.3. The molecule has 7 heteroatoms. The van der Waals surface area contributed by atoms with Crippen molar-refractivity contribution in [1.29, 1.82) is 5.26 Å². The van der Waals surface area contributed by atoms with Crippen molar-refractivity contribution in [3.05, 3.63) is 59.2 Å². The average molecular weight is 379 g/mol. The fourth-order valence-electron chi connectivity index (χ4n) is 2.35. The predicted molar refractivity (Wildman–Crippen MR) is 105 cm³/mol. The molecule has 2 aromatic rings. The summed E-state index contributed by atoms with van der Waals surface area (Å²) in [4.78, 5) is 35.9. The summed E-state index contributed by atoms with van der Waals surface area (Å²) in [5.41, 5.74) is 3.28. The summed E-state index contributed by atoms with van der Waals surface area (Å²) < 4.78 is 5.22. The molecule has 2 amide bonds. The van der Waals surface area contributed by atoms with Crippen molar-refractivity contribution < 1.29 is 19.1 Å². The Kier molecular flexibility index (Phi) is 6.88. The first-order valence-electron chi connectivity index (χ1n) is 8.66. The Hall–Kier alpha value is -3.66. The van der Waals surface area contributed by atoms with Gasteiger partial charge < -0.3 is 15.4 Å². The number of anilines is 2. The van der Waals surface area contributed by atoms with Crippen LogP contribution in [0.4, 0.5) is 11.4 Å². The molecule has 0 aliphatic heterocycles. The highest BCUT2D eigenvalue weighted by atomic mass is 16.5. The van der Waals surface area contributed by atoms with E-state index in [1.807, 2.05) is 32.0 Å². The van der Waals surface area contributed by atoms with E-state index in [0.29, 0.717) is 11.4 Å². The number of hydrogen-bond donors (Lipinski definition) is 2. The summed E-state index contributed by atoms with van der Waals surface area (Å²) in [6.45, 7) is 5.29. The highest BCUT2D eigenvalue weighted by Gasteiger charge is 2.19. The lowest BCUT2D eigenvalue weighted by atomic mass is 10.1. The molecule has 0 heterocycles. The van der Waals surface area contributed by atoms with Crippen molar-refractivity contribution in [3.8, 4) is 6.07 Å². The quantitative estimate of drug-likeness (QED) is 0.748. The van der Waals surface area contributed by atoms with Crippen molar-refractivity contribution in [1.82, 2.24) is 0 Å². The van der Waals surface area contributed by atoms with Gasteiger partial charge in [-0.05, 0) is 62.2 Å². The molecular weight excluding hydrogens is 358 g/mol. The van der Waals surface area contributed by atoms with Crippen LogP contribution in [-0.4, -0.2) is 23.9 Å². The lowest BCUT2D eigenvalue weighted by molar-refractivity contribution is -0.123. The Morgan fingerprint density at radius 2 is 1.75 bits per heavy atom. The largest absolute Gasteiger partial charge is 0.449 e. The maximum atomic E-state index is 12.3. The fraction of sp³-hybridized carbons (Fsp3) is 0.238. The molecule has 0 aliphatic rings. The van der Waals surface area contributed by atoms with Crippen LogP contribution in [0.25, 0.3) is 0 Å². The smallest absolute Gasteiger partial charge is 0.338 e. The van der Waals surface area contributed by atoms with Crippen molar-refractivity contribution in [2.45, 2.75) is 33.3 Å². The minimum atomic E-state index is -0.984. The molecule has 0 aliphatic carbocycles. The zero-order valence-corrected chi connectivity index (χ0v) is 15.9. The average Bonchev–Trinajstić information content (AvgIpc) is 2.65. The molecule has 2 N–H and O–H groups in total. The monoisotopic (exact) mass is 379 g/mol. The van der Waals surface area contributed by atoms with Gasteiger partial charge in [-0.3, -0.25) is 9.59 Å². The first-order valence-corrected chi connectivity index (χ1v) is 8.66. The summed E-state index contributed by atoms with van der Waals surface area (Å²) in [6, 6.07) is 13.4. The summed E-state index contributed by atoms with van der Waals surface area (Å²) in [6.07, 6.45) is -1.24. The molecule has 0 saturated carbocycles. The van der Waals surface area contributed by atoms with E-state index in [2.05, 4.69) is 10.6 Å². The number of esters is 1. The molecule has 144 valence electrons. The van der Waals surface area contributed by atoms with E-state index in [1.165, 1.54) is 31.2 Å². The van der Waals surface area contributed by atoms with Gasteiger partial charge >= 0.3 is 5.97 Å². The molecule has 2 rings (SSSR count). The van der Waals surface area contributed by atoms with E-state index in [-0.39, 0.29) is 12.0 Å². The normalized spacial score (nSPS) is 11.1. The van der Waals surface area contributed by atoms with Crippen LogP contribution in [0.5, 0.6) is 0 Å². The molecule has 0 bridgehead atoms. The van der Waals surface area contributed by atoms with Crippen LogP contribution in [0.3, 0.4) is 0 Å². The first kappa shape index (κ1) is 20.6. The topological polar surface area (TPSA) is 108 Å². The summed E-state index contributed by atoms with van der Waals surface area (Å²) in [5, 5.41) is 13.8. The summed E-state index contributed by atoms with van der Waals surface area (Å²) in [5.74, 6) is -1.52. The van der Waals surface area contributed by atoms with Crippen LogP contribution in [-0.2, 0) is 14.3 Å². The zero-order valence-electron chi connectivity index (χ0n) is 15.9. The number of aryl methyl sites for hydroxylation is 2. The number of benzene rings is 2. The molecule has 0 saturated heterocycles. The van der Waals surface area contributed by atoms with E-state index >= 15 is 0 Å². The number of amides is 2. The number of ether oxygens (including phenoxy) is 1. The molecule has 0 radical (unpaired) electrons. The second-order valence-electron chi connectivity index (χ2n) is 6.32. The Morgan fingerprint density at radius 3 is 2.39 bits per heavy atom. The number of carbonyl (C=O) groups excluding carboxylic acids is 3. The molecule has 1 unspecified atom stereocenters. The second-order valence-corrected chi connectivity index (χ2v) is 6.32. The summed E-state index contributed by atoms with van der Waals surface area (Å²) in [7, 11) is 0. The van der Waals surface area contributed by atoms with Gasteiger partial charge in [0.2, 0.25) is 5.91 Å². The fourth-order valence-corrected chi connectivity index (χ4v) is 2.35. The van der Waals surface area contributed by atoms with Crippen LogP contribution in [0.2, 0.25) is 0 Å². The third-order valence-corrected chi connectivity index (χ3v) is 3.95. The second kappa shape index (κ2) is 9.33. The Labute approximate surface area is 163 Å². The predicted octanol–water partition coefficient (Wildman–Crippen LogP) is 3.34. The summed E-state index contributed by atoms with van der Waals surface area (Å²) >= 11 is 0. The number of nitrogens with one attached hydrogen (secondary N) is 2. The van der Waals surface area contributed by atoms with Crippen LogP contribution in [0.15, 0.2) is 42.5 Å². The van der Waals surface area contributed by atoms with E-state index in [0.717, 1.165) is 11.1 Å². The SMILES string of the molecule is Cc1ccc(C)c(NC(=O)C(C)OC(=O)c2ccc(NC(=O)CC#N)cc2)c1. The van der Waals surface area contributed by atoms with Gasteiger partial charge in [0.05, 0.1) is 11.6 Å². The van der Waals surface area contributed by atoms with Crippen molar-refractivity contribution in [3.63, 3.8) is 0 Å². The Balaban J connectivity index is 1.96. The van der Waals surface area contributed by atoms with Crippen LogP contribution in [0.1, 0.15) is 34.8 Å². The minimum absolute atomic E-state index is 0.240. The number of nitriles is 1. The standard InChI is InChI=1S/C21H21N3O4/c1-13-4-5-14(2)18(12-13)24-20(26)15(3)28-21(27)16-6-8-17(9-7-16)23-19(25)10-11-22/h4-9,12,15H,10H2,1-3H3,(H,23,25)(H,24,26). The van der Waals surface area contributed by atoms with Gasteiger partial charge in [-0.15, -0.1) is 0 Å². The van der Waals surface area contributed by atoms with Gasteiger partial charge in [-0.25, -0.2) is 4.79 Å². The molecule has 7 nitrogen and oxygen atoms in total. The van der Waals surface area contributed by atoms with E-state index in [4.69, 9.17) is 10.00 Å². The molecule has 2 aromatic carbocycles. The van der Waals surface area contributed by atoms with Gasteiger partial charge in [-0.2, -0.15) is 5.26 Å². The molecule has 0 aromatic heterocycles. The Morgan fingerprint density at radius 1 is 1.07 bits per heavy atom. The van der Waals surface area contributed by atoms with Gasteiger partial charge in [0.1, 0.15) is 6.42 Å². The minimum Gasteiger partial charge on any atom is -0.449 e. The number of hydrogen-bond acceptors (Lipinski definition) is 5. The third-order valence-electron chi connectivity index (χ3n) is 3.95. The van der Waals surface area contributed by atoms with Gasteiger partial charge in [0.25, 0.3) is 5.91 Å². The molecule has 28 heavy (non-hydrogen) atoms. The van der Waals surface area contributed by atoms with Gasteiger partial charge in [-0.1, -0.05) is 12.1 Å². The number of carbonyl (C=O) groups is 3. The van der Waals surface area contributed by atoms with Gasteiger partial charge in [0.15, 0.2) is 6.10 Å². The van der Waals surface area contributed by atoms with Crippen molar-refractivity contribution >= 4 is 29.2 Å². The molecule has 0 spiro atoms. The van der Waals surface area contributed by atoms with E-state index in [9.17, 15) is 14.4 Å². The number of nitrogens with zero attached hydrogens (tertiary/aromatic N) is 1. The lowest BCUT2D eigenvalue weighted by Crippen LogP contribution is -2.30. The highest BCUT2D eigenvalue weighted by molar-refractivity contribution is 5.98. The zero-order chi connectivity index (χ0) is 20.7. The van der Waals surface area contributed by atoms with Gasteiger partial charge in [0, 0.05) is 11.4 Å². The van der Waals surface area contributed by atoms with Crippen molar-refractivity contribution in [2.75, 3.05) is 10.6 Å². The third kappa shape index (κ3) is 5.68. The van der Waals surface area contributed by atoms with Crippen LogP contribution >= 0.6 is 0 Å². The van der Waals surface area contributed by atoms with Crippen LogP contribution < -0.4 is 10.6 Å². The molecule has 1 atom stereocenters. The number of rotatable bonds is 6. The highest BCUT2D eigenvalue weighted by Crippen LogP contribution is 2.17. The maximum Gasteiger partial charge on any atom is 0.338 e. The van der Waals surface area contributed by atoms with E-state index < -0.39 is 23.9 Å². The molecular formula is C21H21N3O4.